The van der Waals surface area contributed by atoms with E-state index in [0.29, 0.717) is 0 Å². The van der Waals surface area contributed by atoms with Crippen molar-refractivity contribution in [2.75, 3.05) is 75.8 Å². The molecule has 0 amide bonds. The van der Waals surface area contributed by atoms with E-state index in [-0.39, 0.29) is 0 Å². The molecule has 31 heavy (non-hydrogen) atoms. The minimum absolute atomic E-state index is 0.763. The smallest absolute Gasteiger partial charge is 0.0995 e. The third-order valence-corrected chi connectivity index (χ3v) is 6.30. The van der Waals surface area contributed by atoms with Gasteiger partial charge in [-0.05, 0) is 48.0 Å². The van der Waals surface area contributed by atoms with Crippen LogP contribution in [0.25, 0.3) is 0 Å². The summed E-state index contributed by atoms with van der Waals surface area (Å²) in [5, 5.41) is 13.9. The van der Waals surface area contributed by atoms with E-state index in [1.807, 2.05) is 24.3 Å². The standard InChI is InChI=1S/C24H30ClN5O/c25-22-2-5-24(6-3-22)30-11-9-29(10-12-30)19-21-17-23(4-1-20(21)18-26)27-7-8-28-13-15-31-16-14-28/h1-6,17,27H,7-16,19H2. The Kier molecular flexibility index (Phi) is 7.66. The summed E-state index contributed by atoms with van der Waals surface area (Å²) in [4.78, 5) is 7.24. The monoisotopic (exact) mass is 439 g/mol. The zero-order valence-corrected chi connectivity index (χ0v) is 18.7. The van der Waals surface area contributed by atoms with Gasteiger partial charge in [0.15, 0.2) is 0 Å². The van der Waals surface area contributed by atoms with Gasteiger partial charge >= 0.3 is 0 Å². The number of anilines is 2. The maximum Gasteiger partial charge on any atom is 0.0995 e. The lowest BCUT2D eigenvalue weighted by molar-refractivity contribution is 0.0398. The van der Waals surface area contributed by atoms with Gasteiger partial charge in [-0.3, -0.25) is 9.80 Å². The fraction of sp³-hybridized carbons (Fsp3) is 0.458. The first kappa shape index (κ1) is 21.9. The summed E-state index contributed by atoms with van der Waals surface area (Å²) in [5.41, 5.74) is 4.16. The topological polar surface area (TPSA) is 54.8 Å². The van der Waals surface area contributed by atoms with Gasteiger partial charge in [0.25, 0.3) is 0 Å². The van der Waals surface area contributed by atoms with Crippen LogP contribution in [-0.2, 0) is 11.3 Å². The number of halogens is 1. The van der Waals surface area contributed by atoms with Crippen molar-refractivity contribution in [3.8, 4) is 6.07 Å². The summed E-state index contributed by atoms with van der Waals surface area (Å²) in [6, 6.07) is 16.5. The third-order valence-electron chi connectivity index (χ3n) is 6.04. The summed E-state index contributed by atoms with van der Waals surface area (Å²) in [6.07, 6.45) is 0. The first-order valence-corrected chi connectivity index (χ1v) is 11.4. The largest absolute Gasteiger partial charge is 0.384 e. The predicted octanol–water partition coefficient (Wildman–Crippen LogP) is 3.28. The average Bonchev–Trinajstić information content (AvgIpc) is 2.81. The first-order chi connectivity index (χ1) is 15.2. The van der Waals surface area contributed by atoms with Gasteiger partial charge in [-0.1, -0.05) is 11.6 Å². The van der Waals surface area contributed by atoms with E-state index in [1.54, 1.807) is 0 Å². The van der Waals surface area contributed by atoms with Gasteiger partial charge in [0.1, 0.15) is 0 Å². The van der Waals surface area contributed by atoms with Crippen LogP contribution in [0, 0.1) is 11.3 Å². The summed E-state index contributed by atoms with van der Waals surface area (Å²) < 4.78 is 5.41. The van der Waals surface area contributed by atoms with Crippen molar-refractivity contribution in [1.82, 2.24) is 9.80 Å². The molecule has 6 nitrogen and oxygen atoms in total. The van der Waals surface area contributed by atoms with Crippen LogP contribution in [0.5, 0.6) is 0 Å². The molecule has 2 aromatic rings. The molecule has 0 atom stereocenters. The second kappa shape index (κ2) is 10.8. The van der Waals surface area contributed by atoms with E-state index < -0.39 is 0 Å². The number of hydrogen-bond donors (Lipinski definition) is 1. The zero-order chi connectivity index (χ0) is 21.5. The Labute approximate surface area is 189 Å². The van der Waals surface area contributed by atoms with Gasteiger partial charge in [0, 0.05) is 75.3 Å². The molecule has 0 spiro atoms. The Balaban J connectivity index is 1.30. The van der Waals surface area contributed by atoms with Crippen LogP contribution in [0.1, 0.15) is 11.1 Å². The Morgan fingerprint density at radius 1 is 0.935 bits per heavy atom. The number of hydrogen-bond acceptors (Lipinski definition) is 6. The van der Waals surface area contributed by atoms with Crippen molar-refractivity contribution in [3.05, 3.63) is 58.6 Å². The number of morpholine rings is 1. The maximum atomic E-state index is 9.57. The minimum atomic E-state index is 0.763. The summed E-state index contributed by atoms with van der Waals surface area (Å²) in [6.45, 7) is 10.3. The molecule has 2 aromatic carbocycles. The zero-order valence-electron chi connectivity index (χ0n) is 17.9. The lowest BCUT2D eigenvalue weighted by Crippen LogP contribution is -2.46. The van der Waals surface area contributed by atoms with E-state index in [0.717, 1.165) is 94.0 Å². The van der Waals surface area contributed by atoms with Crippen LogP contribution in [0.4, 0.5) is 11.4 Å². The Hall–Kier alpha value is -2.30. The highest BCUT2D eigenvalue weighted by Crippen LogP contribution is 2.22. The number of nitrogens with one attached hydrogen (secondary N) is 1. The molecule has 7 heteroatoms. The van der Waals surface area contributed by atoms with Crippen LogP contribution >= 0.6 is 11.6 Å². The summed E-state index contributed by atoms with van der Waals surface area (Å²) in [5.74, 6) is 0. The molecule has 0 bridgehead atoms. The fourth-order valence-electron chi connectivity index (χ4n) is 4.18. The Morgan fingerprint density at radius 3 is 2.39 bits per heavy atom. The van der Waals surface area contributed by atoms with Gasteiger partial charge < -0.3 is 15.0 Å². The molecule has 1 N–H and O–H groups in total. The molecule has 0 aliphatic carbocycles. The quantitative estimate of drug-likeness (QED) is 0.714. The highest BCUT2D eigenvalue weighted by molar-refractivity contribution is 6.30. The van der Waals surface area contributed by atoms with Crippen molar-refractivity contribution >= 4 is 23.0 Å². The molecular weight excluding hydrogens is 410 g/mol. The molecule has 2 aliphatic heterocycles. The third kappa shape index (κ3) is 6.11. The summed E-state index contributed by atoms with van der Waals surface area (Å²) >= 11 is 6.01. The second-order valence-electron chi connectivity index (χ2n) is 8.10. The molecule has 2 aliphatic rings. The number of rotatable bonds is 7. The van der Waals surface area contributed by atoms with Crippen LogP contribution in [0.3, 0.4) is 0 Å². The molecule has 2 heterocycles. The lowest BCUT2D eigenvalue weighted by atomic mass is 10.1. The number of nitriles is 1. The van der Waals surface area contributed by atoms with Gasteiger partial charge in [-0.2, -0.15) is 5.26 Å². The number of nitrogens with zero attached hydrogens (tertiary/aromatic N) is 4. The van der Waals surface area contributed by atoms with E-state index in [1.165, 1.54) is 5.69 Å². The Bertz CT molecular complexity index is 884. The van der Waals surface area contributed by atoms with Gasteiger partial charge in [0.05, 0.1) is 24.8 Å². The van der Waals surface area contributed by atoms with E-state index >= 15 is 0 Å². The molecular formula is C24H30ClN5O. The van der Waals surface area contributed by atoms with Crippen molar-refractivity contribution in [1.29, 1.82) is 5.26 Å². The molecule has 0 saturated carbocycles. The minimum Gasteiger partial charge on any atom is -0.384 e. The molecule has 0 radical (unpaired) electrons. The van der Waals surface area contributed by atoms with E-state index in [9.17, 15) is 5.26 Å². The van der Waals surface area contributed by atoms with Gasteiger partial charge in [0.2, 0.25) is 0 Å². The fourth-order valence-corrected chi connectivity index (χ4v) is 4.31. The molecule has 0 unspecified atom stereocenters. The van der Waals surface area contributed by atoms with Crippen LogP contribution in [0.15, 0.2) is 42.5 Å². The van der Waals surface area contributed by atoms with Crippen molar-refractivity contribution in [2.24, 2.45) is 0 Å². The summed E-state index contributed by atoms with van der Waals surface area (Å²) in [7, 11) is 0. The molecule has 4 rings (SSSR count). The van der Waals surface area contributed by atoms with Crippen molar-refractivity contribution in [3.63, 3.8) is 0 Å². The van der Waals surface area contributed by atoms with Crippen LogP contribution in [0.2, 0.25) is 5.02 Å². The van der Waals surface area contributed by atoms with Crippen LogP contribution in [-0.4, -0.2) is 75.4 Å². The average molecular weight is 440 g/mol. The van der Waals surface area contributed by atoms with Gasteiger partial charge in [-0.15, -0.1) is 0 Å². The normalized spacial score (nSPS) is 18.0. The molecule has 0 aromatic heterocycles. The lowest BCUT2D eigenvalue weighted by Gasteiger charge is -2.36. The number of benzene rings is 2. The SMILES string of the molecule is N#Cc1ccc(NCCN2CCOCC2)cc1CN1CCN(c2ccc(Cl)cc2)CC1. The second-order valence-corrected chi connectivity index (χ2v) is 8.54. The molecule has 164 valence electrons. The van der Waals surface area contributed by atoms with Gasteiger partial charge in [-0.25, -0.2) is 0 Å². The number of piperazine rings is 1. The Morgan fingerprint density at radius 2 is 1.68 bits per heavy atom. The molecule has 2 fully saturated rings. The van der Waals surface area contributed by atoms with E-state index in [2.05, 4.69) is 44.3 Å². The number of ether oxygens (including phenoxy) is 1. The van der Waals surface area contributed by atoms with Crippen molar-refractivity contribution in [2.45, 2.75) is 6.54 Å². The van der Waals surface area contributed by atoms with Crippen molar-refractivity contribution < 1.29 is 4.74 Å². The van der Waals surface area contributed by atoms with Crippen LogP contribution < -0.4 is 10.2 Å². The van der Waals surface area contributed by atoms with E-state index in [4.69, 9.17) is 16.3 Å². The highest BCUT2D eigenvalue weighted by Gasteiger charge is 2.18. The maximum absolute atomic E-state index is 9.57. The first-order valence-electron chi connectivity index (χ1n) is 11.0. The molecule has 2 saturated heterocycles. The predicted molar refractivity (Wildman–Crippen MR) is 126 cm³/mol. The highest BCUT2D eigenvalue weighted by atomic mass is 35.5.